The van der Waals surface area contributed by atoms with Crippen molar-refractivity contribution in [3.05, 3.63) is 65.2 Å². The monoisotopic (exact) mass is 389 g/mol. The molecule has 1 heterocycles. The van der Waals surface area contributed by atoms with Gasteiger partial charge in [0, 0.05) is 6.20 Å². The van der Waals surface area contributed by atoms with Crippen LogP contribution in [0.2, 0.25) is 0 Å². The van der Waals surface area contributed by atoms with Crippen LogP contribution in [0, 0.1) is 5.92 Å². The molecule has 0 amide bonds. The molecule has 1 aliphatic rings. The number of nitrogens with zero attached hydrogens (tertiary/aromatic N) is 1. The quantitative estimate of drug-likeness (QED) is 0.384. The van der Waals surface area contributed by atoms with Crippen molar-refractivity contribution in [2.75, 3.05) is 12.5 Å². The normalized spacial score (nSPS) is 15.0. The minimum atomic E-state index is -0.459. The molecular formula is C21H24ClNO4. The van der Waals surface area contributed by atoms with E-state index in [2.05, 4.69) is 0 Å². The molecule has 27 heavy (non-hydrogen) atoms. The average Bonchev–Trinajstić information content (AvgIpc) is 2.68. The van der Waals surface area contributed by atoms with Crippen LogP contribution < -0.4 is 0 Å². The summed E-state index contributed by atoms with van der Waals surface area (Å²) in [4.78, 5) is 24.8. The Kier molecular flexibility index (Phi) is 7.71. The molecule has 1 aromatic carbocycles. The standard InChI is InChI=1S/C21H24ClNO4/c1-15(2)19(14-26-20(25)11-22)23-10-9-18(12-24)21(16(23)3)27-13-17-7-5-4-6-8-17/h4-10,15,19H,11,13-14H2,1-3H3/t19-/m1/s1. The molecule has 1 aliphatic heterocycles. The number of rotatable bonds is 8. The molecule has 0 N–H and O–H groups in total. The average molecular weight is 390 g/mol. The molecule has 0 aromatic heterocycles. The van der Waals surface area contributed by atoms with E-state index in [-0.39, 0.29) is 24.4 Å². The lowest BCUT2D eigenvalue weighted by Gasteiger charge is -2.36. The van der Waals surface area contributed by atoms with Crippen LogP contribution in [0.5, 0.6) is 0 Å². The van der Waals surface area contributed by atoms with Gasteiger partial charge in [-0.3, -0.25) is 4.79 Å². The lowest BCUT2D eigenvalue weighted by atomic mass is 10.0. The van der Waals surface area contributed by atoms with Gasteiger partial charge in [-0.15, -0.1) is 11.6 Å². The first kappa shape index (κ1) is 20.8. The summed E-state index contributed by atoms with van der Waals surface area (Å²) in [6, 6.07) is 9.60. The fourth-order valence-corrected chi connectivity index (χ4v) is 2.89. The maximum atomic E-state index is 11.4. The van der Waals surface area contributed by atoms with Crippen LogP contribution in [0.25, 0.3) is 0 Å². The van der Waals surface area contributed by atoms with E-state index in [9.17, 15) is 9.59 Å². The number of hydrogen-bond acceptors (Lipinski definition) is 5. The summed E-state index contributed by atoms with van der Waals surface area (Å²) in [5, 5.41) is 0. The van der Waals surface area contributed by atoms with Crippen molar-refractivity contribution in [2.24, 2.45) is 5.92 Å². The molecule has 0 bridgehead atoms. The summed E-state index contributed by atoms with van der Waals surface area (Å²) in [5.74, 6) is 1.96. The Labute approximate surface area is 164 Å². The van der Waals surface area contributed by atoms with Crippen LogP contribution in [0.4, 0.5) is 0 Å². The first-order valence-corrected chi connectivity index (χ1v) is 9.32. The van der Waals surface area contributed by atoms with Crippen molar-refractivity contribution < 1.29 is 19.1 Å². The first-order valence-electron chi connectivity index (χ1n) is 8.79. The molecule has 0 unspecified atom stereocenters. The lowest BCUT2D eigenvalue weighted by molar-refractivity contribution is -0.142. The van der Waals surface area contributed by atoms with E-state index in [0.29, 0.717) is 17.9 Å². The van der Waals surface area contributed by atoms with Crippen molar-refractivity contribution in [2.45, 2.75) is 33.4 Å². The predicted molar refractivity (Wildman–Crippen MR) is 104 cm³/mol. The molecule has 1 atom stereocenters. The summed E-state index contributed by atoms with van der Waals surface area (Å²) in [7, 11) is 0. The van der Waals surface area contributed by atoms with Crippen LogP contribution in [0.1, 0.15) is 26.3 Å². The Morgan fingerprint density at radius 3 is 2.56 bits per heavy atom. The highest BCUT2D eigenvalue weighted by Gasteiger charge is 2.28. The zero-order valence-electron chi connectivity index (χ0n) is 15.8. The Balaban J connectivity index is 2.23. The van der Waals surface area contributed by atoms with Crippen LogP contribution in [0.3, 0.4) is 0 Å². The molecular weight excluding hydrogens is 366 g/mol. The number of alkyl halides is 1. The van der Waals surface area contributed by atoms with Gasteiger partial charge in [0.05, 0.1) is 11.7 Å². The summed E-state index contributed by atoms with van der Waals surface area (Å²) < 4.78 is 11.2. The van der Waals surface area contributed by atoms with Gasteiger partial charge in [-0.25, -0.2) is 4.79 Å². The second-order valence-electron chi connectivity index (χ2n) is 6.56. The fourth-order valence-electron chi connectivity index (χ4n) is 2.82. The molecule has 1 aromatic rings. The molecule has 0 aliphatic carbocycles. The van der Waals surface area contributed by atoms with E-state index in [1.807, 2.05) is 61.9 Å². The van der Waals surface area contributed by atoms with Gasteiger partial charge in [0.2, 0.25) is 0 Å². The number of allylic oxidation sites excluding steroid dienone is 2. The number of carbonyl (C=O) groups excluding carboxylic acids is 2. The van der Waals surface area contributed by atoms with Gasteiger partial charge in [0.15, 0.2) is 5.76 Å². The van der Waals surface area contributed by atoms with Gasteiger partial charge in [-0.2, -0.15) is 0 Å². The van der Waals surface area contributed by atoms with Crippen molar-refractivity contribution in [1.29, 1.82) is 0 Å². The topological polar surface area (TPSA) is 55.8 Å². The summed E-state index contributed by atoms with van der Waals surface area (Å²) in [5.41, 5.74) is 2.13. The highest BCUT2D eigenvalue weighted by atomic mass is 35.5. The van der Waals surface area contributed by atoms with E-state index in [4.69, 9.17) is 21.1 Å². The largest absolute Gasteiger partial charge is 0.486 e. The molecule has 2 rings (SSSR count). The molecule has 5 nitrogen and oxygen atoms in total. The third-order valence-corrected chi connectivity index (χ3v) is 4.57. The summed E-state index contributed by atoms with van der Waals surface area (Å²) in [6.07, 6.45) is 3.46. The van der Waals surface area contributed by atoms with E-state index in [0.717, 1.165) is 11.3 Å². The lowest BCUT2D eigenvalue weighted by Crippen LogP contribution is -2.40. The van der Waals surface area contributed by atoms with Crippen molar-refractivity contribution in [1.82, 2.24) is 4.90 Å². The Morgan fingerprint density at radius 2 is 1.96 bits per heavy atom. The second-order valence-corrected chi connectivity index (χ2v) is 6.82. The van der Waals surface area contributed by atoms with Crippen molar-refractivity contribution >= 4 is 23.5 Å². The van der Waals surface area contributed by atoms with Gasteiger partial charge in [-0.05, 0) is 24.5 Å². The minimum absolute atomic E-state index is 0.114. The maximum absolute atomic E-state index is 11.4. The second kappa shape index (κ2) is 10.0. The number of halogens is 1. The molecule has 0 fully saturated rings. The van der Waals surface area contributed by atoms with E-state index in [1.54, 1.807) is 12.3 Å². The molecule has 144 valence electrons. The Hall–Kier alpha value is -2.49. The smallest absolute Gasteiger partial charge is 0.320 e. The highest BCUT2D eigenvalue weighted by molar-refractivity contribution is 6.26. The Bertz CT molecular complexity index is 764. The summed E-state index contributed by atoms with van der Waals surface area (Å²) in [6.45, 7) is 6.48. The van der Waals surface area contributed by atoms with Crippen LogP contribution in [-0.2, 0) is 25.7 Å². The number of ether oxygens (including phenoxy) is 2. The number of carbonyl (C=O) groups is 1. The molecule has 0 saturated heterocycles. The van der Waals surface area contributed by atoms with Crippen LogP contribution in [0.15, 0.2) is 59.6 Å². The van der Waals surface area contributed by atoms with E-state index >= 15 is 0 Å². The van der Waals surface area contributed by atoms with Gasteiger partial charge in [0.25, 0.3) is 0 Å². The third-order valence-electron chi connectivity index (χ3n) is 4.35. The van der Waals surface area contributed by atoms with Gasteiger partial charge in [0.1, 0.15) is 30.6 Å². The fraction of sp³-hybridized carbons (Fsp3) is 0.381. The van der Waals surface area contributed by atoms with Crippen molar-refractivity contribution in [3.63, 3.8) is 0 Å². The minimum Gasteiger partial charge on any atom is -0.486 e. The van der Waals surface area contributed by atoms with Crippen molar-refractivity contribution in [3.8, 4) is 0 Å². The number of esters is 1. The highest BCUT2D eigenvalue weighted by Crippen LogP contribution is 2.29. The number of benzene rings is 1. The number of hydrogen-bond donors (Lipinski definition) is 0. The van der Waals surface area contributed by atoms with Gasteiger partial charge in [-0.1, -0.05) is 44.2 Å². The zero-order chi connectivity index (χ0) is 19.8. The van der Waals surface area contributed by atoms with Crippen LogP contribution in [-0.4, -0.2) is 35.3 Å². The maximum Gasteiger partial charge on any atom is 0.320 e. The Morgan fingerprint density at radius 1 is 1.26 bits per heavy atom. The first-order chi connectivity index (χ1) is 13.0. The van der Waals surface area contributed by atoms with Gasteiger partial charge >= 0.3 is 5.97 Å². The zero-order valence-corrected chi connectivity index (χ0v) is 16.5. The molecule has 0 saturated carbocycles. The van der Waals surface area contributed by atoms with E-state index in [1.165, 1.54) is 0 Å². The molecule has 6 heteroatoms. The SMILES string of the molecule is CC1=C(OCc2ccccc2)C(=C=O)C=CN1[C@H](COC(=O)CCl)C(C)C. The van der Waals surface area contributed by atoms with Crippen LogP contribution >= 0.6 is 11.6 Å². The molecule has 0 spiro atoms. The van der Waals surface area contributed by atoms with Gasteiger partial charge < -0.3 is 14.4 Å². The third kappa shape index (κ3) is 5.49. The predicted octanol–water partition coefficient (Wildman–Crippen LogP) is 3.83. The van der Waals surface area contributed by atoms with E-state index < -0.39 is 5.97 Å². The molecule has 0 radical (unpaired) electrons. The summed E-state index contributed by atoms with van der Waals surface area (Å²) >= 11 is 5.51.